The number of nitrogens with zero attached hydrogens (tertiary/aromatic N) is 2. The molecule has 0 spiro atoms. The van der Waals surface area contributed by atoms with E-state index >= 15 is 0 Å². The van der Waals surface area contributed by atoms with E-state index in [1.807, 2.05) is 12.2 Å². The second-order valence-electron chi connectivity index (χ2n) is 2.71. The second kappa shape index (κ2) is 2.17. The van der Waals surface area contributed by atoms with Crippen molar-refractivity contribution in [1.29, 1.82) is 0 Å². The monoisotopic (exact) mass is 150 g/mol. The molecular weight excluding hydrogens is 140 g/mol. The molecule has 0 amide bonds. The van der Waals surface area contributed by atoms with Crippen LogP contribution in [0.15, 0.2) is 22.1 Å². The van der Waals surface area contributed by atoms with Crippen molar-refractivity contribution < 1.29 is 0 Å². The first-order valence-corrected chi connectivity index (χ1v) is 3.60. The number of amidine groups is 1. The molecule has 1 aliphatic heterocycles. The summed E-state index contributed by atoms with van der Waals surface area (Å²) in [5.41, 5.74) is 12.1. The summed E-state index contributed by atoms with van der Waals surface area (Å²) in [6.45, 7) is 0. The number of fused-ring (bicyclic) bond motifs is 1. The number of nitrogens with two attached hydrogens (primary N) is 2. The summed E-state index contributed by atoms with van der Waals surface area (Å²) in [6, 6.07) is 0. The number of allylic oxidation sites excluding steroid dienone is 2. The zero-order valence-corrected chi connectivity index (χ0v) is 6.07. The Kier molecular flexibility index (Phi) is 1.29. The first-order valence-electron chi connectivity index (χ1n) is 3.60. The molecule has 0 bridgehead atoms. The van der Waals surface area contributed by atoms with Crippen LogP contribution in [0.2, 0.25) is 0 Å². The van der Waals surface area contributed by atoms with E-state index in [2.05, 4.69) is 9.98 Å². The van der Waals surface area contributed by atoms with Gasteiger partial charge in [-0.25, -0.2) is 9.98 Å². The van der Waals surface area contributed by atoms with Gasteiger partial charge in [-0.2, -0.15) is 0 Å². The van der Waals surface area contributed by atoms with Gasteiger partial charge in [-0.1, -0.05) is 6.08 Å². The van der Waals surface area contributed by atoms with Gasteiger partial charge in [0.1, 0.15) is 5.84 Å². The molecule has 0 aromatic heterocycles. The molecule has 0 fully saturated rings. The highest BCUT2D eigenvalue weighted by Gasteiger charge is 2.25. The van der Waals surface area contributed by atoms with Crippen LogP contribution in [0.4, 0.5) is 0 Å². The zero-order chi connectivity index (χ0) is 7.84. The van der Waals surface area contributed by atoms with Gasteiger partial charge >= 0.3 is 0 Å². The van der Waals surface area contributed by atoms with Crippen LogP contribution in [0.1, 0.15) is 6.42 Å². The summed E-state index contributed by atoms with van der Waals surface area (Å²) >= 11 is 0. The Balaban J connectivity index is 2.34. The largest absolute Gasteiger partial charge is 0.387 e. The van der Waals surface area contributed by atoms with Crippen LogP contribution in [-0.4, -0.2) is 17.8 Å². The third-order valence-corrected chi connectivity index (χ3v) is 1.94. The van der Waals surface area contributed by atoms with Crippen molar-refractivity contribution in [3.63, 3.8) is 0 Å². The van der Waals surface area contributed by atoms with Gasteiger partial charge in [-0.05, 0) is 12.5 Å². The van der Waals surface area contributed by atoms with Gasteiger partial charge in [-0.15, -0.1) is 0 Å². The van der Waals surface area contributed by atoms with E-state index in [9.17, 15) is 0 Å². The van der Waals surface area contributed by atoms with Gasteiger partial charge in [0.25, 0.3) is 0 Å². The van der Waals surface area contributed by atoms with E-state index in [4.69, 9.17) is 11.5 Å². The molecule has 11 heavy (non-hydrogen) atoms. The van der Waals surface area contributed by atoms with Gasteiger partial charge in [0.05, 0.1) is 5.92 Å². The highest BCUT2D eigenvalue weighted by Crippen LogP contribution is 2.19. The molecule has 1 heterocycles. The van der Waals surface area contributed by atoms with Crippen LogP contribution < -0.4 is 11.5 Å². The summed E-state index contributed by atoms with van der Waals surface area (Å²) in [6.07, 6.45) is 4.45. The normalized spacial score (nSPS) is 34.6. The molecule has 2 atom stereocenters. The van der Waals surface area contributed by atoms with Crippen molar-refractivity contribution in [3.8, 4) is 0 Å². The molecule has 2 aliphatic rings. The highest BCUT2D eigenvalue weighted by atomic mass is 15.2. The Morgan fingerprint density at radius 2 is 2.27 bits per heavy atom. The van der Waals surface area contributed by atoms with E-state index in [1.54, 1.807) is 0 Å². The number of hydrogen-bond donors (Lipinski definition) is 2. The SMILES string of the molecule is NC1=NC(N)N=C2C=CCC12. The molecule has 0 aromatic carbocycles. The number of aliphatic imine (C=N–C) groups is 2. The minimum atomic E-state index is -0.482. The second-order valence-corrected chi connectivity index (χ2v) is 2.71. The maximum absolute atomic E-state index is 5.66. The van der Waals surface area contributed by atoms with E-state index in [1.165, 1.54) is 0 Å². The highest BCUT2D eigenvalue weighted by molar-refractivity contribution is 6.13. The Morgan fingerprint density at radius 3 is 3.09 bits per heavy atom. The van der Waals surface area contributed by atoms with Gasteiger partial charge in [-0.3, -0.25) is 5.73 Å². The molecular formula is C7H10N4. The molecule has 0 aromatic rings. The molecule has 0 saturated carbocycles. The lowest BCUT2D eigenvalue weighted by Gasteiger charge is -2.17. The molecule has 2 rings (SSSR count). The summed E-state index contributed by atoms with van der Waals surface area (Å²) in [7, 11) is 0. The lowest BCUT2D eigenvalue weighted by molar-refractivity contribution is 0.713. The summed E-state index contributed by atoms with van der Waals surface area (Å²) < 4.78 is 0. The molecule has 4 N–H and O–H groups in total. The quantitative estimate of drug-likeness (QED) is 0.493. The van der Waals surface area contributed by atoms with E-state index in [0.717, 1.165) is 12.1 Å². The molecule has 4 heteroatoms. The van der Waals surface area contributed by atoms with Crippen molar-refractivity contribution >= 4 is 11.5 Å². The van der Waals surface area contributed by atoms with Crippen LogP contribution in [0.5, 0.6) is 0 Å². The van der Waals surface area contributed by atoms with E-state index < -0.39 is 6.29 Å². The first kappa shape index (κ1) is 6.54. The van der Waals surface area contributed by atoms with Gasteiger partial charge in [0.2, 0.25) is 0 Å². The number of rotatable bonds is 0. The van der Waals surface area contributed by atoms with Crippen molar-refractivity contribution in [2.45, 2.75) is 12.7 Å². The Morgan fingerprint density at radius 1 is 1.45 bits per heavy atom. The van der Waals surface area contributed by atoms with Crippen molar-refractivity contribution in [3.05, 3.63) is 12.2 Å². The van der Waals surface area contributed by atoms with Crippen LogP contribution in [0.25, 0.3) is 0 Å². The first-order chi connectivity index (χ1) is 5.27. The average molecular weight is 150 g/mol. The minimum absolute atomic E-state index is 0.204. The lowest BCUT2D eigenvalue weighted by Crippen LogP contribution is -2.35. The van der Waals surface area contributed by atoms with E-state index in [0.29, 0.717) is 5.84 Å². The third-order valence-electron chi connectivity index (χ3n) is 1.94. The topological polar surface area (TPSA) is 76.8 Å². The maximum Gasteiger partial charge on any atom is 0.193 e. The Labute approximate surface area is 64.7 Å². The summed E-state index contributed by atoms with van der Waals surface area (Å²) in [5.74, 6) is 0.822. The molecule has 58 valence electrons. The molecule has 1 aliphatic carbocycles. The molecule has 0 saturated heterocycles. The van der Waals surface area contributed by atoms with Crippen LogP contribution in [0.3, 0.4) is 0 Å². The van der Waals surface area contributed by atoms with E-state index in [-0.39, 0.29) is 5.92 Å². The maximum atomic E-state index is 5.66. The standard InChI is InChI=1S/C7H10N4/c8-6-4-2-1-3-5(4)10-7(9)11-6/h1,3-4,7H,2,9H2,(H2,8,11). The van der Waals surface area contributed by atoms with Crippen molar-refractivity contribution in [2.75, 3.05) is 0 Å². The number of hydrogen-bond acceptors (Lipinski definition) is 4. The zero-order valence-electron chi connectivity index (χ0n) is 6.07. The van der Waals surface area contributed by atoms with Gasteiger partial charge in [0.15, 0.2) is 6.29 Å². The van der Waals surface area contributed by atoms with Crippen LogP contribution in [0, 0.1) is 5.92 Å². The molecule has 4 nitrogen and oxygen atoms in total. The van der Waals surface area contributed by atoms with Crippen molar-refractivity contribution in [1.82, 2.24) is 0 Å². The fraction of sp³-hybridized carbons (Fsp3) is 0.429. The Hall–Kier alpha value is -1.16. The molecule has 0 radical (unpaired) electrons. The van der Waals surface area contributed by atoms with Crippen molar-refractivity contribution in [2.24, 2.45) is 27.4 Å². The fourth-order valence-corrected chi connectivity index (χ4v) is 1.39. The summed E-state index contributed by atoms with van der Waals surface area (Å²) in [4.78, 5) is 8.10. The lowest BCUT2D eigenvalue weighted by atomic mass is 10.0. The van der Waals surface area contributed by atoms with Gasteiger partial charge in [0, 0.05) is 5.71 Å². The predicted octanol–water partition coefficient (Wildman–Crippen LogP) is -0.383. The minimum Gasteiger partial charge on any atom is -0.387 e. The van der Waals surface area contributed by atoms with Crippen LogP contribution in [-0.2, 0) is 0 Å². The smallest absolute Gasteiger partial charge is 0.193 e. The average Bonchev–Trinajstić information content (AvgIpc) is 2.34. The molecule has 2 unspecified atom stereocenters. The summed E-state index contributed by atoms with van der Waals surface area (Å²) in [5, 5.41) is 0. The predicted molar refractivity (Wildman–Crippen MR) is 44.3 cm³/mol. The van der Waals surface area contributed by atoms with Crippen LogP contribution >= 0.6 is 0 Å². The fourth-order valence-electron chi connectivity index (χ4n) is 1.39. The van der Waals surface area contributed by atoms with Gasteiger partial charge < -0.3 is 5.73 Å². The third kappa shape index (κ3) is 0.952. The Bertz CT molecular complexity index is 264.